The smallest absolute Gasteiger partial charge is 0.264 e. The van der Waals surface area contributed by atoms with E-state index in [1.807, 2.05) is 6.07 Å². The summed E-state index contributed by atoms with van der Waals surface area (Å²) in [6, 6.07) is 7.78. The molecule has 0 fully saturated rings. The molecule has 2 aromatic carbocycles. The third-order valence-corrected chi connectivity index (χ3v) is 4.81. The zero-order valence-electron chi connectivity index (χ0n) is 12.1. The van der Waals surface area contributed by atoms with Crippen molar-refractivity contribution in [3.8, 4) is 5.75 Å². The summed E-state index contributed by atoms with van der Waals surface area (Å²) in [7, 11) is -4.33. The second kappa shape index (κ2) is 5.53. The number of anilines is 1. The number of phenols is 1. The quantitative estimate of drug-likeness (QED) is 0.574. The fraction of sp³-hybridized carbons (Fsp3) is 0. The summed E-state index contributed by atoms with van der Waals surface area (Å²) in [6.45, 7) is 0. The van der Waals surface area contributed by atoms with Crippen LogP contribution >= 0.6 is 0 Å². The summed E-state index contributed by atoms with van der Waals surface area (Å²) in [5.41, 5.74) is 5.45. The second-order valence-corrected chi connectivity index (χ2v) is 6.70. The van der Waals surface area contributed by atoms with Crippen molar-refractivity contribution in [2.75, 3.05) is 4.72 Å². The SMILES string of the molecule is NC(=O)c1cc(S(=O)(=O)Nc2ccc3cc[nH]c3c2)c(F)cc1O. The number of hydrogen-bond donors (Lipinski definition) is 4. The first-order valence-electron chi connectivity index (χ1n) is 6.70. The number of nitrogens with two attached hydrogens (primary N) is 1. The molecule has 3 rings (SSSR count). The maximum Gasteiger partial charge on any atom is 0.264 e. The van der Waals surface area contributed by atoms with Crippen molar-refractivity contribution in [3.05, 3.63) is 54.0 Å². The number of carbonyl (C=O) groups excluding carboxylic acids is 1. The van der Waals surface area contributed by atoms with Crippen molar-refractivity contribution in [1.82, 2.24) is 4.98 Å². The molecule has 0 bridgehead atoms. The highest BCUT2D eigenvalue weighted by Crippen LogP contribution is 2.27. The van der Waals surface area contributed by atoms with Crippen LogP contribution in [0.5, 0.6) is 5.75 Å². The van der Waals surface area contributed by atoms with Gasteiger partial charge in [0.15, 0.2) is 0 Å². The normalized spacial score (nSPS) is 11.5. The Bertz CT molecular complexity index is 1060. The van der Waals surface area contributed by atoms with Gasteiger partial charge in [0.2, 0.25) is 0 Å². The molecule has 1 heterocycles. The van der Waals surface area contributed by atoms with Crippen LogP contribution in [0.2, 0.25) is 0 Å². The Balaban J connectivity index is 2.04. The fourth-order valence-corrected chi connectivity index (χ4v) is 3.40. The fourth-order valence-electron chi connectivity index (χ4n) is 2.27. The molecule has 24 heavy (non-hydrogen) atoms. The Kier molecular flexibility index (Phi) is 3.64. The van der Waals surface area contributed by atoms with Crippen molar-refractivity contribution in [2.24, 2.45) is 5.73 Å². The highest BCUT2D eigenvalue weighted by Gasteiger charge is 2.23. The van der Waals surface area contributed by atoms with E-state index in [1.54, 1.807) is 18.3 Å². The van der Waals surface area contributed by atoms with E-state index >= 15 is 0 Å². The number of benzene rings is 2. The molecule has 0 radical (unpaired) electrons. The lowest BCUT2D eigenvalue weighted by Gasteiger charge is -2.11. The van der Waals surface area contributed by atoms with Gasteiger partial charge in [0, 0.05) is 17.8 Å². The molecular weight excluding hydrogens is 337 g/mol. The lowest BCUT2D eigenvalue weighted by molar-refractivity contribution is 0.0997. The Hall–Kier alpha value is -3.07. The maximum atomic E-state index is 14.0. The minimum Gasteiger partial charge on any atom is -0.507 e. The van der Waals surface area contributed by atoms with Crippen LogP contribution in [-0.4, -0.2) is 24.4 Å². The number of aromatic amines is 1. The number of aromatic nitrogens is 1. The average molecular weight is 349 g/mol. The molecule has 1 aromatic heterocycles. The van der Waals surface area contributed by atoms with Crippen LogP contribution in [0.4, 0.5) is 10.1 Å². The molecule has 0 unspecified atom stereocenters. The van der Waals surface area contributed by atoms with Crippen LogP contribution in [0.15, 0.2) is 47.5 Å². The van der Waals surface area contributed by atoms with Gasteiger partial charge in [0.05, 0.1) is 11.3 Å². The van der Waals surface area contributed by atoms with Gasteiger partial charge in [-0.15, -0.1) is 0 Å². The third kappa shape index (κ3) is 2.76. The van der Waals surface area contributed by atoms with E-state index in [4.69, 9.17) is 5.73 Å². The van der Waals surface area contributed by atoms with Gasteiger partial charge in [-0.05, 0) is 29.7 Å². The van der Waals surface area contributed by atoms with Gasteiger partial charge >= 0.3 is 0 Å². The number of hydrogen-bond acceptors (Lipinski definition) is 4. The molecule has 0 saturated carbocycles. The summed E-state index contributed by atoms with van der Waals surface area (Å²) in [5.74, 6) is -3.01. The number of fused-ring (bicyclic) bond motifs is 1. The molecule has 124 valence electrons. The molecule has 0 aliphatic heterocycles. The van der Waals surface area contributed by atoms with E-state index in [0.29, 0.717) is 17.6 Å². The average Bonchev–Trinajstić information content (AvgIpc) is 2.93. The van der Waals surface area contributed by atoms with E-state index in [9.17, 15) is 22.7 Å². The zero-order chi connectivity index (χ0) is 17.5. The first-order chi connectivity index (χ1) is 11.3. The Morgan fingerprint density at radius 1 is 1.21 bits per heavy atom. The van der Waals surface area contributed by atoms with Gasteiger partial charge in [-0.2, -0.15) is 0 Å². The van der Waals surface area contributed by atoms with Crippen LogP contribution in [-0.2, 0) is 10.0 Å². The van der Waals surface area contributed by atoms with Crippen molar-refractivity contribution in [3.63, 3.8) is 0 Å². The summed E-state index contributed by atoms with van der Waals surface area (Å²) in [5, 5.41) is 10.4. The standard InChI is InChI=1S/C15H12FN3O4S/c16-11-7-13(20)10(15(17)21)6-14(11)24(22,23)19-9-2-1-8-3-4-18-12(8)5-9/h1-7,18-20H,(H2,17,21). The van der Waals surface area contributed by atoms with E-state index in [2.05, 4.69) is 9.71 Å². The van der Waals surface area contributed by atoms with Crippen LogP contribution < -0.4 is 10.5 Å². The second-order valence-electron chi connectivity index (χ2n) is 5.05. The first kappa shape index (κ1) is 15.8. The van der Waals surface area contributed by atoms with Gasteiger partial charge in [-0.25, -0.2) is 12.8 Å². The molecule has 0 atom stereocenters. The maximum absolute atomic E-state index is 14.0. The predicted octanol–water partition coefficient (Wildman–Crippen LogP) is 1.91. The van der Waals surface area contributed by atoms with Crippen LogP contribution in [0.1, 0.15) is 10.4 Å². The van der Waals surface area contributed by atoms with Crippen molar-refractivity contribution in [1.29, 1.82) is 0 Å². The minimum absolute atomic E-state index is 0.207. The van der Waals surface area contributed by atoms with Crippen LogP contribution in [0.3, 0.4) is 0 Å². The number of primary amides is 1. The monoisotopic (exact) mass is 349 g/mol. The topological polar surface area (TPSA) is 125 Å². The minimum atomic E-state index is -4.33. The van der Waals surface area contributed by atoms with Gasteiger partial charge < -0.3 is 15.8 Å². The predicted molar refractivity (Wildman–Crippen MR) is 85.7 cm³/mol. The molecule has 9 heteroatoms. The Morgan fingerprint density at radius 3 is 2.67 bits per heavy atom. The van der Waals surface area contributed by atoms with E-state index < -0.39 is 38.0 Å². The number of halogens is 1. The Labute approximate surface area is 136 Å². The third-order valence-electron chi connectivity index (χ3n) is 3.41. The van der Waals surface area contributed by atoms with Gasteiger partial charge in [0.25, 0.3) is 15.9 Å². The van der Waals surface area contributed by atoms with Crippen LogP contribution in [0, 0.1) is 5.82 Å². The summed E-state index contributed by atoms with van der Waals surface area (Å²) in [6.07, 6.45) is 1.70. The Morgan fingerprint density at radius 2 is 1.96 bits per heavy atom. The number of rotatable bonds is 4. The van der Waals surface area contributed by atoms with Gasteiger partial charge in [0.1, 0.15) is 16.5 Å². The molecule has 1 amide bonds. The molecule has 0 aliphatic rings. The zero-order valence-corrected chi connectivity index (χ0v) is 12.9. The van der Waals surface area contributed by atoms with E-state index in [0.717, 1.165) is 5.39 Å². The van der Waals surface area contributed by atoms with Gasteiger partial charge in [-0.1, -0.05) is 6.07 Å². The van der Waals surface area contributed by atoms with Crippen molar-refractivity contribution in [2.45, 2.75) is 4.90 Å². The molecule has 7 nitrogen and oxygen atoms in total. The number of sulfonamides is 1. The largest absolute Gasteiger partial charge is 0.507 e. The molecule has 0 spiro atoms. The molecule has 5 N–H and O–H groups in total. The van der Waals surface area contributed by atoms with E-state index in [-0.39, 0.29) is 5.69 Å². The summed E-state index contributed by atoms with van der Waals surface area (Å²) >= 11 is 0. The number of H-pyrrole nitrogens is 1. The molecule has 3 aromatic rings. The lowest BCUT2D eigenvalue weighted by atomic mass is 10.2. The first-order valence-corrected chi connectivity index (χ1v) is 8.18. The van der Waals surface area contributed by atoms with E-state index in [1.165, 1.54) is 6.07 Å². The number of amides is 1. The molecular formula is C15H12FN3O4S. The lowest BCUT2D eigenvalue weighted by Crippen LogP contribution is -2.17. The van der Waals surface area contributed by atoms with Gasteiger partial charge in [-0.3, -0.25) is 9.52 Å². The number of nitrogens with one attached hydrogen (secondary N) is 2. The number of aromatic hydroxyl groups is 1. The molecule has 0 aliphatic carbocycles. The van der Waals surface area contributed by atoms with Crippen molar-refractivity contribution >= 4 is 32.5 Å². The summed E-state index contributed by atoms with van der Waals surface area (Å²) < 4.78 is 41.0. The summed E-state index contributed by atoms with van der Waals surface area (Å²) in [4.78, 5) is 13.3. The highest BCUT2D eigenvalue weighted by molar-refractivity contribution is 7.92. The number of carbonyl (C=O) groups is 1. The molecule has 0 saturated heterocycles. The highest BCUT2D eigenvalue weighted by atomic mass is 32.2. The van der Waals surface area contributed by atoms with Crippen molar-refractivity contribution < 1.29 is 22.7 Å². The van der Waals surface area contributed by atoms with Crippen LogP contribution in [0.25, 0.3) is 10.9 Å².